The van der Waals surface area contributed by atoms with Crippen LogP contribution >= 0.6 is 34.2 Å². The van der Waals surface area contributed by atoms with Gasteiger partial charge in [0.1, 0.15) is 12.2 Å². The molecular formula is C26H23ClF3IN8O2. The van der Waals surface area contributed by atoms with Gasteiger partial charge in [0.2, 0.25) is 0 Å². The number of nitrogens with zero attached hydrogens (tertiary/aromatic N) is 6. The van der Waals surface area contributed by atoms with Gasteiger partial charge in [0.05, 0.1) is 28.2 Å². The number of aromatic nitrogens is 6. The molecule has 3 aromatic heterocycles. The van der Waals surface area contributed by atoms with Crippen LogP contribution in [0.4, 0.5) is 18.9 Å². The van der Waals surface area contributed by atoms with Crippen molar-refractivity contribution in [1.82, 2.24) is 35.1 Å². The molecule has 0 saturated heterocycles. The minimum atomic E-state index is -4.66. The zero-order valence-electron chi connectivity index (χ0n) is 21.7. The van der Waals surface area contributed by atoms with Crippen LogP contribution in [0, 0.1) is 16.4 Å². The number of carbonyl (C=O) groups excluding carboxylic acids is 2. The van der Waals surface area contributed by atoms with E-state index in [2.05, 4.69) is 53.5 Å². The Balaban J connectivity index is 1.49. The van der Waals surface area contributed by atoms with E-state index in [0.717, 1.165) is 21.2 Å². The molecule has 1 aliphatic carbocycles. The van der Waals surface area contributed by atoms with Crippen molar-refractivity contribution in [3.05, 3.63) is 79.5 Å². The van der Waals surface area contributed by atoms with E-state index in [9.17, 15) is 22.8 Å². The van der Waals surface area contributed by atoms with E-state index in [1.54, 1.807) is 25.1 Å². The normalized spacial score (nSPS) is 14.1. The van der Waals surface area contributed by atoms with E-state index in [1.807, 2.05) is 13.0 Å². The Bertz CT molecular complexity index is 1630. The van der Waals surface area contributed by atoms with Crippen molar-refractivity contribution in [2.24, 2.45) is 5.92 Å². The zero-order chi connectivity index (χ0) is 29.5. The molecule has 1 aliphatic rings. The maximum atomic E-state index is 13.7. The summed E-state index contributed by atoms with van der Waals surface area (Å²) >= 11 is 8.45. The third-order valence-corrected chi connectivity index (χ3v) is 7.45. The van der Waals surface area contributed by atoms with Gasteiger partial charge in [0, 0.05) is 15.8 Å². The number of anilines is 1. The fourth-order valence-corrected chi connectivity index (χ4v) is 5.26. The number of carbonyl (C=O) groups is 2. The van der Waals surface area contributed by atoms with Crippen molar-refractivity contribution < 1.29 is 22.8 Å². The van der Waals surface area contributed by atoms with Crippen LogP contribution in [0.3, 0.4) is 0 Å². The van der Waals surface area contributed by atoms with E-state index in [4.69, 9.17) is 11.6 Å². The third kappa shape index (κ3) is 6.53. The molecule has 214 valence electrons. The van der Waals surface area contributed by atoms with E-state index < -0.39 is 17.8 Å². The minimum Gasteiger partial charge on any atom is -0.349 e. The molecule has 5 rings (SSSR count). The molecule has 1 fully saturated rings. The Morgan fingerprint density at radius 3 is 2.61 bits per heavy atom. The molecule has 3 heterocycles. The van der Waals surface area contributed by atoms with E-state index in [0.29, 0.717) is 28.9 Å². The Morgan fingerprint density at radius 1 is 1.20 bits per heavy atom. The van der Waals surface area contributed by atoms with Crippen molar-refractivity contribution in [2.45, 2.75) is 45.5 Å². The largest absolute Gasteiger partial charge is 0.436 e. The highest BCUT2D eigenvalue weighted by Gasteiger charge is 2.34. The summed E-state index contributed by atoms with van der Waals surface area (Å²) in [5, 5.41) is 17.5. The number of amides is 2. The Kier molecular flexibility index (Phi) is 8.05. The number of hydrogen-bond acceptors (Lipinski definition) is 6. The third-order valence-electron chi connectivity index (χ3n) is 6.53. The highest BCUT2D eigenvalue weighted by molar-refractivity contribution is 14.1. The van der Waals surface area contributed by atoms with Gasteiger partial charge in [-0.25, -0.2) is 9.67 Å². The molecule has 1 unspecified atom stereocenters. The lowest BCUT2D eigenvalue weighted by atomic mass is 10.1. The van der Waals surface area contributed by atoms with Crippen LogP contribution in [-0.2, 0) is 12.7 Å². The summed E-state index contributed by atoms with van der Waals surface area (Å²) in [6, 6.07) is 8.06. The molecule has 2 amide bonds. The van der Waals surface area contributed by atoms with Gasteiger partial charge >= 0.3 is 6.18 Å². The predicted molar refractivity (Wildman–Crippen MR) is 152 cm³/mol. The first-order chi connectivity index (χ1) is 19.4. The van der Waals surface area contributed by atoms with Gasteiger partial charge in [-0.2, -0.15) is 28.2 Å². The van der Waals surface area contributed by atoms with Crippen LogP contribution in [0.2, 0.25) is 5.02 Å². The van der Waals surface area contributed by atoms with Crippen molar-refractivity contribution in [3.63, 3.8) is 0 Å². The molecule has 41 heavy (non-hydrogen) atoms. The molecular weight excluding hydrogens is 676 g/mol. The second-order valence-corrected chi connectivity index (χ2v) is 11.4. The van der Waals surface area contributed by atoms with Crippen molar-refractivity contribution >= 4 is 51.7 Å². The molecule has 4 aromatic rings. The van der Waals surface area contributed by atoms with Crippen LogP contribution < -0.4 is 10.6 Å². The zero-order valence-corrected chi connectivity index (χ0v) is 24.6. The Morgan fingerprint density at radius 2 is 1.95 bits per heavy atom. The highest BCUT2D eigenvalue weighted by Crippen LogP contribution is 2.33. The standard InChI is InChI=1S/C26H23ClF3IN8O2/c1-13-8-16(31)9-18(24(40)34-14(2)15-5-6-15)22(13)35-25(41)20-10-17(12-38-33-11-21(37-38)26(28,29)30)36-39(20)23-19(27)4-3-7-32-23/h3-4,7-11,14-15H,5-6,12H2,1-2H3,(H,34,40)(H,35,41). The van der Waals surface area contributed by atoms with Crippen molar-refractivity contribution in [2.75, 3.05) is 5.32 Å². The molecule has 0 radical (unpaired) electrons. The van der Waals surface area contributed by atoms with Crippen LogP contribution in [0.5, 0.6) is 0 Å². The predicted octanol–water partition coefficient (Wildman–Crippen LogP) is 5.27. The number of halogens is 5. The number of aryl methyl sites for hydroxylation is 1. The van der Waals surface area contributed by atoms with Gasteiger partial charge in [-0.05, 0) is 91.1 Å². The summed E-state index contributed by atoms with van der Waals surface area (Å²) in [5.74, 6) is -0.379. The fraction of sp³-hybridized carbons (Fsp3) is 0.308. The maximum absolute atomic E-state index is 13.7. The van der Waals surface area contributed by atoms with Crippen LogP contribution in [-0.4, -0.2) is 47.6 Å². The maximum Gasteiger partial charge on any atom is 0.436 e. The highest BCUT2D eigenvalue weighted by atomic mass is 127. The topological polar surface area (TPSA) is 120 Å². The number of nitrogens with one attached hydrogen (secondary N) is 2. The quantitative estimate of drug-likeness (QED) is 0.242. The molecule has 0 aliphatic heterocycles. The van der Waals surface area contributed by atoms with Gasteiger partial charge in [-0.1, -0.05) is 11.6 Å². The lowest BCUT2D eigenvalue weighted by molar-refractivity contribution is -0.141. The average molecular weight is 699 g/mol. The summed E-state index contributed by atoms with van der Waals surface area (Å²) < 4.78 is 41.0. The molecule has 1 atom stereocenters. The monoisotopic (exact) mass is 698 g/mol. The lowest BCUT2D eigenvalue weighted by Crippen LogP contribution is -2.35. The van der Waals surface area contributed by atoms with E-state index in [-0.39, 0.29) is 40.7 Å². The molecule has 10 nitrogen and oxygen atoms in total. The van der Waals surface area contributed by atoms with Crippen LogP contribution in [0.25, 0.3) is 5.82 Å². The SMILES string of the molecule is Cc1cc(I)cc(C(=O)NC(C)C2CC2)c1NC(=O)c1cc(Cn2ncc(C(F)(F)F)n2)nn1-c1ncccc1Cl. The van der Waals surface area contributed by atoms with E-state index >= 15 is 0 Å². The van der Waals surface area contributed by atoms with E-state index in [1.165, 1.54) is 16.9 Å². The summed E-state index contributed by atoms with van der Waals surface area (Å²) in [5.41, 5.74) is 0.297. The Labute approximate surface area is 250 Å². The molecule has 0 bridgehead atoms. The van der Waals surface area contributed by atoms with Gasteiger partial charge in [-0.3, -0.25) is 9.59 Å². The first-order valence-electron chi connectivity index (χ1n) is 12.5. The number of pyridine rings is 1. The first kappa shape index (κ1) is 29.0. The van der Waals surface area contributed by atoms with Crippen molar-refractivity contribution in [1.29, 1.82) is 0 Å². The number of benzene rings is 1. The van der Waals surface area contributed by atoms with Gasteiger partial charge < -0.3 is 10.6 Å². The molecule has 1 saturated carbocycles. The number of hydrogen-bond donors (Lipinski definition) is 2. The number of alkyl halides is 3. The molecule has 2 N–H and O–H groups in total. The summed E-state index contributed by atoms with van der Waals surface area (Å²) in [7, 11) is 0. The summed E-state index contributed by atoms with van der Waals surface area (Å²) in [4.78, 5) is 32.0. The second kappa shape index (κ2) is 11.4. The minimum absolute atomic E-state index is 0.00622. The number of rotatable bonds is 8. The summed E-state index contributed by atoms with van der Waals surface area (Å²) in [6.07, 6.45) is -0.469. The second-order valence-electron chi connectivity index (χ2n) is 9.70. The molecule has 1 aromatic carbocycles. The Hall–Kier alpha value is -3.53. The van der Waals surface area contributed by atoms with Gasteiger partial charge in [-0.15, -0.1) is 5.10 Å². The lowest BCUT2D eigenvalue weighted by Gasteiger charge is -2.18. The molecule has 15 heteroatoms. The fourth-order valence-electron chi connectivity index (χ4n) is 4.28. The smallest absolute Gasteiger partial charge is 0.349 e. The van der Waals surface area contributed by atoms with Gasteiger partial charge in [0.25, 0.3) is 11.8 Å². The van der Waals surface area contributed by atoms with Crippen molar-refractivity contribution in [3.8, 4) is 5.82 Å². The van der Waals surface area contributed by atoms with Gasteiger partial charge in [0.15, 0.2) is 11.5 Å². The summed E-state index contributed by atoms with van der Waals surface area (Å²) in [6.45, 7) is 3.47. The first-order valence-corrected chi connectivity index (χ1v) is 14.0. The molecule has 0 spiro atoms. The van der Waals surface area contributed by atoms with Crippen LogP contribution in [0.15, 0.2) is 42.7 Å². The average Bonchev–Trinajstić information content (AvgIpc) is 3.51. The van der Waals surface area contributed by atoms with Crippen LogP contribution in [0.1, 0.15) is 57.6 Å².